The van der Waals surface area contributed by atoms with Gasteiger partial charge in [0, 0.05) is 10.0 Å². The number of halogens is 3. The fraction of sp³-hybridized carbons (Fsp3) is 0.0800. The van der Waals surface area contributed by atoms with Gasteiger partial charge >= 0.3 is 0 Å². The number of hydrogen-bond donors (Lipinski definition) is 1. The van der Waals surface area contributed by atoms with E-state index in [4.69, 9.17) is 51.8 Å². The average molecular weight is 564 g/mol. The fourth-order valence-electron chi connectivity index (χ4n) is 3.15. The Hall–Kier alpha value is -2.55. The lowest BCUT2D eigenvalue weighted by Gasteiger charge is -2.15. The standard InChI is InChI=1S/C25H17Cl3N2O3S2/c1-14-2-6-17(12-19(14)27)30-24(32)22(35-25(30)34)10-15-3-7-18(8-4-15)33-13-23(31)29-21-9-5-16(26)11-20(21)28/h2-12H,13H2,1H3,(H,29,31)/b22-10-. The third-order valence-electron chi connectivity index (χ3n) is 4.96. The molecule has 2 amide bonds. The highest BCUT2D eigenvalue weighted by Gasteiger charge is 2.33. The molecule has 1 saturated heterocycles. The molecule has 3 aromatic carbocycles. The number of rotatable bonds is 6. The van der Waals surface area contributed by atoms with Gasteiger partial charge in [0.2, 0.25) is 0 Å². The van der Waals surface area contributed by atoms with Crippen molar-refractivity contribution >= 4 is 92.4 Å². The summed E-state index contributed by atoms with van der Waals surface area (Å²) in [6.45, 7) is 1.70. The Morgan fingerprint density at radius 1 is 1.06 bits per heavy atom. The van der Waals surface area contributed by atoms with Gasteiger partial charge in [-0.1, -0.05) is 77.0 Å². The van der Waals surface area contributed by atoms with Gasteiger partial charge in [0.25, 0.3) is 11.8 Å². The molecule has 35 heavy (non-hydrogen) atoms. The number of thiocarbonyl (C=S) groups is 1. The van der Waals surface area contributed by atoms with Crippen molar-refractivity contribution in [3.63, 3.8) is 0 Å². The Balaban J connectivity index is 1.38. The van der Waals surface area contributed by atoms with Crippen LogP contribution in [0.15, 0.2) is 65.6 Å². The normalized spacial score (nSPS) is 14.5. The molecule has 178 valence electrons. The van der Waals surface area contributed by atoms with Crippen molar-refractivity contribution in [2.45, 2.75) is 6.92 Å². The predicted molar refractivity (Wildman–Crippen MR) is 149 cm³/mol. The van der Waals surface area contributed by atoms with E-state index in [0.717, 1.165) is 11.1 Å². The van der Waals surface area contributed by atoms with Gasteiger partial charge in [0.05, 0.1) is 21.3 Å². The second-order valence-corrected chi connectivity index (χ2v) is 10.4. The van der Waals surface area contributed by atoms with E-state index < -0.39 is 0 Å². The maximum Gasteiger partial charge on any atom is 0.270 e. The summed E-state index contributed by atoms with van der Waals surface area (Å²) in [6, 6.07) is 17.2. The van der Waals surface area contributed by atoms with Gasteiger partial charge in [0.1, 0.15) is 5.75 Å². The van der Waals surface area contributed by atoms with Gasteiger partial charge in [-0.2, -0.15) is 0 Å². The van der Waals surface area contributed by atoms with Crippen LogP contribution in [0.4, 0.5) is 11.4 Å². The molecule has 1 N–H and O–H groups in total. The summed E-state index contributed by atoms with van der Waals surface area (Å²) < 4.78 is 5.98. The number of nitrogens with one attached hydrogen (secondary N) is 1. The Morgan fingerprint density at radius 2 is 1.80 bits per heavy atom. The van der Waals surface area contributed by atoms with Crippen molar-refractivity contribution in [3.05, 3.63) is 91.8 Å². The van der Waals surface area contributed by atoms with Crippen molar-refractivity contribution in [2.24, 2.45) is 0 Å². The highest BCUT2D eigenvalue weighted by atomic mass is 35.5. The molecule has 1 heterocycles. The Labute approximate surface area is 227 Å². The number of aryl methyl sites for hydroxylation is 1. The molecular weight excluding hydrogens is 547 g/mol. The third kappa shape index (κ3) is 6.18. The lowest BCUT2D eigenvalue weighted by atomic mass is 10.2. The van der Waals surface area contributed by atoms with Crippen LogP contribution in [0.25, 0.3) is 6.08 Å². The van der Waals surface area contributed by atoms with Crippen LogP contribution in [-0.2, 0) is 9.59 Å². The molecule has 3 aromatic rings. The second-order valence-electron chi connectivity index (χ2n) is 7.48. The maximum absolute atomic E-state index is 13.0. The van der Waals surface area contributed by atoms with Gasteiger partial charge in [0.15, 0.2) is 10.9 Å². The number of amides is 2. The van der Waals surface area contributed by atoms with Crippen LogP contribution in [-0.4, -0.2) is 22.7 Å². The molecule has 0 saturated carbocycles. The number of ether oxygens (including phenoxy) is 1. The van der Waals surface area contributed by atoms with E-state index in [2.05, 4.69) is 5.32 Å². The molecule has 1 fully saturated rings. The van der Waals surface area contributed by atoms with Crippen LogP contribution in [0.5, 0.6) is 5.75 Å². The smallest absolute Gasteiger partial charge is 0.270 e. The van der Waals surface area contributed by atoms with Gasteiger partial charge in [-0.25, -0.2) is 0 Å². The first-order valence-electron chi connectivity index (χ1n) is 10.2. The minimum Gasteiger partial charge on any atom is -0.484 e. The highest BCUT2D eigenvalue weighted by molar-refractivity contribution is 8.27. The lowest BCUT2D eigenvalue weighted by Crippen LogP contribution is -2.27. The summed E-state index contributed by atoms with van der Waals surface area (Å²) >= 11 is 24.8. The van der Waals surface area contributed by atoms with Gasteiger partial charge in [-0.05, 0) is 66.6 Å². The second kappa shape index (κ2) is 11.0. The third-order valence-corrected chi connectivity index (χ3v) is 7.22. The number of benzene rings is 3. The first kappa shape index (κ1) is 25.5. The number of hydrogen-bond acceptors (Lipinski definition) is 5. The lowest BCUT2D eigenvalue weighted by molar-refractivity contribution is -0.118. The summed E-state index contributed by atoms with van der Waals surface area (Å²) in [7, 11) is 0. The predicted octanol–water partition coefficient (Wildman–Crippen LogP) is 7.38. The molecule has 4 rings (SSSR count). The van der Waals surface area contributed by atoms with Crippen molar-refractivity contribution in [2.75, 3.05) is 16.8 Å². The fourth-order valence-corrected chi connectivity index (χ4v) is 5.08. The molecule has 0 spiro atoms. The van der Waals surface area contributed by atoms with Gasteiger partial charge in [-0.15, -0.1) is 0 Å². The van der Waals surface area contributed by atoms with Crippen molar-refractivity contribution in [3.8, 4) is 5.75 Å². The van der Waals surface area contributed by atoms with Gasteiger partial charge < -0.3 is 10.1 Å². The zero-order valence-corrected chi connectivity index (χ0v) is 22.1. The summed E-state index contributed by atoms with van der Waals surface area (Å²) in [4.78, 5) is 27.1. The van der Waals surface area contributed by atoms with Crippen molar-refractivity contribution < 1.29 is 14.3 Å². The zero-order chi connectivity index (χ0) is 25.1. The SMILES string of the molecule is Cc1ccc(N2C(=O)/C(=C/c3ccc(OCC(=O)Nc4ccc(Cl)cc4Cl)cc3)SC2=S)cc1Cl. The van der Waals surface area contributed by atoms with E-state index in [-0.39, 0.29) is 18.4 Å². The molecule has 0 unspecified atom stereocenters. The van der Waals surface area contributed by atoms with E-state index in [1.807, 2.05) is 19.1 Å². The van der Waals surface area contributed by atoms with Crippen LogP contribution < -0.4 is 15.0 Å². The van der Waals surface area contributed by atoms with Crippen LogP contribution in [0, 0.1) is 6.92 Å². The molecule has 0 atom stereocenters. The largest absolute Gasteiger partial charge is 0.484 e. The number of thioether (sulfide) groups is 1. The Kier molecular flexibility index (Phi) is 8.04. The number of nitrogens with zero attached hydrogens (tertiary/aromatic N) is 1. The monoisotopic (exact) mass is 562 g/mol. The number of carbonyl (C=O) groups excluding carboxylic acids is 2. The average Bonchev–Trinajstić information content (AvgIpc) is 3.10. The maximum atomic E-state index is 13.0. The van der Waals surface area contributed by atoms with Crippen LogP contribution >= 0.6 is 58.8 Å². The van der Waals surface area contributed by atoms with Crippen molar-refractivity contribution in [1.29, 1.82) is 0 Å². The summed E-state index contributed by atoms with van der Waals surface area (Å²) in [5.74, 6) is -0.0719. The molecule has 0 aromatic heterocycles. The van der Waals surface area contributed by atoms with E-state index in [1.165, 1.54) is 16.7 Å². The molecule has 1 aliphatic heterocycles. The van der Waals surface area contributed by atoms with E-state index in [9.17, 15) is 9.59 Å². The van der Waals surface area contributed by atoms with E-state index in [1.54, 1.807) is 54.6 Å². The molecule has 1 aliphatic rings. The molecule has 10 heteroatoms. The molecule has 5 nitrogen and oxygen atoms in total. The first-order valence-corrected chi connectivity index (χ1v) is 12.6. The topological polar surface area (TPSA) is 58.6 Å². The number of anilines is 2. The summed E-state index contributed by atoms with van der Waals surface area (Å²) in [5.41, 5.74) is 2.79. The van der Waals surface area contributed by atoms with Crippen LogP contribution in [0.1, 0.15) is 11.1 Å². The van der Waals surface area contributed by atoms with Crippen LogP contribution in [0.3, 0.4) is 0 Å². The zero-order valence-electron chi connectivity index (χ0n) is 18.2. The molecule has 0 aliphatic carbocycles. The van der Waals surface area contributed by atoms with E-state index >= 15 is 0 Å². The minimum absolute atomic E-state index is 0.198. The summed E-state index contributed by atoms with van der Waals surface area (Å²) in [6.07, 6.45) is 1.76. The van der Waals surface area contributed by atoms with Gasteiger partial charge in [-0.3, -0.25) is 14.5 Å². The minimum atomic E-state index is -0.363. The van der Waals surface area contributed by atoms with Crippen LogP contribution in [0.2, 0.25) is 15.1 Å². The van der Waals surface area contributed by atoms with Crippen molar-refractivity contribution in [1.82, 2.24) is 0 Å². The molecular formula is C25H17Cl3N2O3S2. The molecule has 0 bridgehead atoms. The summed E-state index contributed by atoms with van der Waals surface area (Å²) in [5, 5.41) is 4.06. The Morgan fingerprint density at radius 3 is 2.49 bits per heavy atom. The molecule has 0 radical (unpaired) electrons. The quantitative estimate of drug-likeness (QED) is 0.250. The van der Waals surface area contributed by atoms with E-state index in [0.29, 0.717) is 41.4 Å². The number of carbonyl (C=O) groups is 2. The first-order chi connectivity index (χ1) is 16.7. The highest BCUT2D eigenvalue weighted by Crippen LogP contribution is 2.37. The Bertz CT molecular complexity index is 1360.